The zero-order chi connectivity index (χ0) is 30.6. The fourth-order valence-electron chi connectivity index (χ4n) is 5.81. The van der Waals surface area contributed by atoms with Crippen LogP contribution >= 0.6 is 0 Å². The van der Waals surface area contributed by atoms with Crippen molar-refractivity contribution in [2.75, 3.05) is 6.54 Å². The first-order chi connectivity index (χ1) is 20.0. The number of nitrogens with zero attached hydrogens (tertiary/aromatic N) is 1. The van der Waals surface area contributed by atoms with Gasteiger partial charge in [0.2, 0.25) is 17.7 Å². The monoisotopic (exact) mass is 583 g/mol. The van der Waals surface area contributed by atoms with Gasteiger partial charge in [0.15, 0.2) is 11.6 Å². The number of benzene rings is 2. The molecule has 1 saturated heterocycles. The topological polar surface area (TPSA) is 116 Å². The molecule has 1 saturated carbocycles. The lowest BCUT2D eigenvalue weighted by Crippen LogP contribution is -2.53. The summed E-state index contributed by atoms with van der Waals surface area (Å²) in [4.78, 5) is 52.8. The van der Waals surface area contributed by atoms with Crippen LogP contribution in [0.15, 0.2) is 30.3 Å². The fraction of sp³-hybridized carbons (Fsp3) is 0.500. The van der Waals surface area contributed by atoms with E-state index in [4.69, 9.17) is 0 Å². The number of hydrogen-bond donors (Lipinski definition) is 3. The highest BCUT2D eigenvalue weighted by atomic mass is 19.2. The van der Waals surface area contributed by atoms with E-state index in [0.717, 1.165) is 30.0 Å². The lowest BCUT2D eigenvalue weighted by atomic mass is 9.92. The van der Waals surface area contributed by atoms with Gasteiger partial charge in [-0.25, -0.2) is 8.78 Å². The molecule has 1 aliphatic carbocycles. The molecule has 0 aromatic heterocycles. The molecule has 3 amide bonds. The van der Waals surface area contributed by atoms with Crippen molar-refractivity contribution >= 4 is 23.7 Å². The minimum Gasteiger partial charge on any atom is -0.481 e. The van der Waals surface area contributed by atoms with Crippen LogP contribution in [0.5, 0.6) is 0 Å². The van der Waals surface area contributed by atoms with Crippen molar-refractivity contribution in [3.05, 3.63) is 58.7 Å². The van der Waals surface area contributed by atoms with Crippen LogP contribution < -0.4 is 10.6 Å². The van der Waals surface area contributed by atoms with Gasteiger partial charge in [-0.3, -0.25) is 19.2 Å². The fourth-order valence-corrected chi connectivity index (χ4v) is 5.81. The Kier molecular flexibility index (Phi) is 9.96. The maximum Gasteiger partial charge on any atom is 0.305 e. The number of likely N-dealkylation sites (tertiary alicyclic amines) is 1. The van der Waals surface area contributed by atoms with Crippen molar-refractivity contribution < 1.29 is 33.1 Å². The number of hydrogen-bond acceptors (Lipinski definition) is 4. The molecule has 42 heavy (non-hydrogen) atoms. The van der Waals surface area contributed by atoms with Gasteiger partial charge in [0.25, 0.3) is 0 Å². The van der Waals surface area contributed by atoms with Gasteiger partial charge in [-0.1, -0.05) is 31.5 Å². The van der Waals surface area contributed by atoms with Crippen molar-refractivity contribution in [2.45, 2.75) is 90.3 Å². The first kappa shape index (κ1) is 31.1. The van der Waals surface area contributed by atoms with Crippen LogP contribution in [0.25, 0.3) is 11.1 Å². The zero-order valence-electron chi connectivity index (χ0n) is 24.3. The molecule has 0 unspecified atom stereocenters. The van der Waals surface area contributed by atoms with Crippen LogP contribution in [-0.4, -0.2) is 52.3 Å². The maximum absolute atomic E-state index is 15.2. The van der Waals surface area contributed by atoms with Gasteiger partial charge in [-0.15, -0.1) is 0 Å². The summed E-state index contributed by atoms with van der Waals surface area (Å²) < 4.78 is 30.1. The number of carboxylic acid groups (broad SMARTS) is 1. The second-order valence-electron chi connectivity index (χ2n) is 11.5. The Balaban J connectivity index is 1.57. The molecule has 3 N–H and O–H groups in total. The van der Waals surface area contributed by atoms with E-state index < -0.39 is 54.0 Å². The maximum atomic E-state index is 15.2. The molecule has 3 atom stereocenters. The Morgan fingerprint density at radius 1 is 1.05 bits per heavy atom. The average molecular weight is 584 g/mol. The minimum absolute atomic E-state index is 0.0607. The molecule has 1 heterocycles. The van der Waals surface area contributed by atoms with E-state index in [2.05, 4.69) is 10.6 Å². The number of aryl methyl sites for hydroxylation is 2. The largest absolute Gasteiger partial charge is 0.481 e. The molecule has 2 aromatic rings. The summed E-state index contributed by atoms with van der Waals surface area (Å²) >= 11 is 0. The van der Waals surface area contributed by atoms with Gasteiger partial charge in [-0.2, -0.15) is 0 Å². The molecule has 2 fully saturated rings. The van der Waals surface area contributed by atoms with Crippen LogP contribution in [0.1, 0.15) is 81.0 Å². The van der Waals surface area contributed by atoms with E-state index in [1.54, 1.807) is 4.90 Å². The molecule has 2 aromatic carbocycles. The van der Waals surface area contributed by atoms with Crippen molar-refractivity contribution in [3.63, 3.8) is 0 Å². The molecule has 0 spiro atoms. The van der Waals surface area contributed by atoms with Gasteiger partial charge in [0.05, 0.1) is 12.5 Å². The normalized spacial score (nSPS) is 17.9. The molecule has 1 aliphatic heterocycles. The van der Waals surface area contributed by atoms with Crippen LogP contribution in [0.2, 0.25) is 0 Å². The average Bonchev–Trinajstić information content (AvgIpc) is 3.59. The summed E-state index contributed by atoms with van der Waals surface area (Å²) in [6, 6.07) is 4.83. The van der Waals surface area contributed by atoms with E-state index in [1.165, 1.54) is 6.07 Å². The number of aliphatic carboxylic acids is 1. The summed E-state index contributed by atoms with van der Waals surface area (Å²) in [5.41, 5.74) is 2.41. The second-order valence-corrected chi connectivity index (χ2v) is 11.5. The molecular formula is C32H39F2N3O5. The predicted molar refractivity (Wildman–Crippen MR) is 153 cm³/mol. The summed E-state index contributed by atoms with van der Waals surface area (Å²) in [6.45, 7) is 5.98. The van der Waals surface area contributed by atoms with Crippen molar-refractivity contribution in [3.8, 4) is 11.1 Å². The Morgan fingerprint density at radius 2 is 1.74 bits per heavy atom. The summed E-state index contributed by atoms with van der Waals surface area (Å²) in [6.07, 6.45) is 3.68. The number of amides is 3. The molecular weight excluding hydrogens is 544 g/mol. The van der Waals surface area contributed by atoms with Crippen molar-refractivity contribution in [1.29, 1.82) is 0 Å². The van der Waals surface area contributed by atoms with Gasteiger partial charge in [0.1, 0.15) is 12.1 Å². The standard InChI is InChI=1S/C32H39F2N3O5/c1-4-7-24(35-32(42)26-10-6-13-37(26)27(38)14-20-11-12-20)31(41)36-25(17-28(39)40)22-15-21(16-23(33)30(22)34)29-18(2)8-5-9-19(29)3/h5,8-9,15-16,20,24-26H,4,6-7,10-14,17H2,1-3H3,(H,35,42)(H,36,41)(H,39,40)/t24-,25-,26+/m0/s1. The summed E-state index contributed by atoms with van der Waals surface area (Å²) in [7, 11) is 0. The van der Waals surface area contributed by atoms with E-state index in [0.29, 0.717) is 49.3 Å². The Hall–Kier alpha value is -3.82. The first-order valence-corrected chi connectivity index (χ1v) is 14.7. The van der Waals surface area contributed by atoms with Crippen LogP contribution in [0, 0.1) is 31.4 Å². The summed E-state index contributed by atoms with van der Waals surface area (Å²) in [5, 5.41) is 14.9. The molecule has 4 rings (SSSR count). The van der Waals surface area contributed by atoms with Gasteiger partial charge in [0, 0.05) is 18.5 Å². The minimum atomic E-state index is -1.40. The summed E-state index contributed by atoms with van der Waals surface area (Å²) in [5.74, 6) is -4.56. The third-order valence-corrected chi connectivity index (χ3v) is 8.14. The van der Waals surface area contributed by atoms with Gasteiger partial charge < -0.3 is 20.6 Å². The number of carbonyl (C=O) groups is 4. The number of rotatable bonds is 12. The zero-order valence-corrected chi connectivity index (χ0v) is 24.3. The van der Waals surface area contributed by atoms with Gasteiger partial charge >= 0.3 is 5.97 Å². The second kappa shape index (κ2) is 13.4. The molecule has 226 valence electrons. The number of carbonyl (C=O) groups excluding carboxylic acids is 3. The number of halogens is 2. The Morgan fingerprint density at radius 3 is 2.36 bits per heavy atom. The molecule has 10 heteroatoms. The Labute approximate surface area is 244 Å². The van der Waals surface area contributed by atoms with Crippen LogP contribution in [0.3, 0.4) is 0 Å². The molecule has 0 bridgehead atoms. The number of carboxylic acids is 1. The van der Waals surface area contributed by atoms with E-state index in [1.807, 2.05) is 39.0 Å². The highest BCUT2D eigenvalue weighted by molar-refractivity contribution is 5.92. The van der Waals surface area contributed by atoms with Gasteiger partial charge in [-0.05, 0) is 86.3 Å². The van der Waals surface area contributed by atoms with E-state index in [9.17, 15) is 28.7 Å². The van der Waals surface area contributed by atoms with Crippen LogP contribution in [-0.2, 0) is 19.2 Å². The van der Waals surface area contributed by atoms with Crippen molar-refractivity contribution in [2.24, 2.45) is 5.92 Å². The molecule has 2 aliphatic rings. The lowest BCUT2D eigenvalue weighted by molar-refractivity contribution is -0.140. The SMILES string of the molecule is CCC[C@H](NC(=O)[C@H]1CCCN1C(=O)CC1CC1)C(=O)N[C@@H](CC(=O)O)c1cc(-c2c(C)cccc2C)cc(F)c1F. The van der Waals surface area contributed by atoms with Crippen LogP contribution in [0.4, 0.5) is 8.78 Å². The first-order valence-electron chi connectivity index (χ1n) is 14.7. The number of nitrogens with one attached hydrogen (secondary N) is 2. The molecule has 0 radical (unpaired) electrons. The van der Waals surface area contributed by atoms with E-state index in [-0.39, 0.29) is 17.9 Å². The van der Waals surface area contributed by atoms with Crippen molar-refractivity contribution in [1.82, 2.24) is 15.5 Å². The third-order valence-electron chi connectivity index (χ3n) is 8.14. The smallest absolute Gasteiger partial charge is 0.305 e. The van der Waals surface area contributed by atoms with E-state index >= 15 is 4.39 Å². The third kappa shape index (κ3) is 7.33. The molecule has 8 nitrogen and oxygen atoms in total. The quantitative estimate of drug-likeness (QED) is 0.327. The highest BCUT2D eigenvalue weighted by Crippen LogP contribution is 2.35. The lowest BCUT2D eigenvalue weighted by Gasteiger charge is -2.27. The Bertz CT molecular complexity index is 1340. The predicted octanol–water partition coefficient (Wildman–Crippen LogP) is 4.96. The highest BCUT2D eigenvalue weighted by Gasteiger charge is 2.38.